The van der Waals surface area contributed by atoms with E-state index in [0.29, 0.717) is 9.88 Å². The Morgan fingerprint density at radius 3 is 2.56 bits per heavy atom. The Labute approximate surface area is 148 Å². The number of nitrogens with zero attached hydrogens (tertiary/aromatic N) is 3. The first-order chi connectivity index (χ1) is 12.0. The molecule has 3 aromatic rings. The second-order valence-corrected chi connectivity index (χ2v) is 6.56. The number of carbonyl (C=O) groups excluding carboxylic acids is 2. The number of thiophene rings is 1. The van der Waals surface area contributed by atoms with Gasteiger partial charge in [-0.05, 0) is 36.8 Å². The number of hydrogen-bond acceptors (Lipinski definition) is 5. The van der Waals surface area contributed by atoms with E-state index in [1.165, 1.54) is 24.6 Å². The van der Waals surface area contributed by atoms with Crippen molar-refractivity contribution in [1.29, 1.82) is 0 Å². The van der Waals surface area contributed by atoms with Crippen LogP contribution in [0.15, 0.2) is 49.1 Å². The highest BCUT2D eigenvalue weighted by molar-refractivity contribution is 7.18. The average molecular weight is 355 g/mol. The number of hydrogen-bond donors (Lipinski definition) is 2. The molecule has 2 amide bonds. The highest BCUT2D eigenvalue weighted by Crippen LogP contribution is 2.23. The van der Waals surface area contributed by atoms with Gasteiger partial charge in [-0.15, -0.1) is 11.3 Å². The van der Waals surface area contributed by atoms with E-state index in [9.17, 15) is 9.59 Å². The van der Waals surface area contributed by atoms with Gasteiger partial charge in [0, 0.05) is 6.92 Å². The number of amides is 2. The van der Waals surface area contributed by atoms with Crippen molar-refractivity contribution in [2.75, 3.05) is 5.32 Å². The molecule has 0 fully saturated rings. The van der Waals surface area contributed by atoms with Crippen LogP contribution >= 0.6 is 11.3 Å². The molecule has 3 rings (SSSR count). The zero-order chi connectivity index (χ0) is 17.8. The van der Waals surface area contributed by atoms with E-state index in [1.807, 2.05) is 31.2 Å². The van der Waals surface area contributed by atoms with Crippen LogP contribution in [0.2, 0.25) is 0 Å². The standard InChI is InChI=1S/C17H17N5O2S/c1-11(13-3-5-14(6-4-13)22-10-18-9-19-22)20-17(24)15-7-8-16(25-15)21-12(2)23/h3-11H,1-2H3,(H,20,24)(H,21,23)/t11-/m1/s1. The van der Waals surface area contributed by atoms with Gasteiger partial charge in [0.05, 0.1) is 21.6 Å². The van der Waals surface area contributed by atoms with Gasteiger partial charge in [0.25, 0.3) is 5.91 Å². The minimum absolute atomic E-state index is 0.149. The van der Waals surface area contributed by atoms with Crippen LogP contribution in [0.5, 0.6) is 0 Å². The quantitative estimate of drug-likeness (QED) is 0.736. The van der Waals surface area contributed by atoms with Crippen LogP contribution in [-0.2, 0) is 4.79 Å². The summed E-state index contributed by atoms with van der Waals surface area (Å²) in [5.74, 6) is -0.330. The molecule has 2 aromatic heterocycles. The fourth-order valence-electron chi connectivity index (χ4n) is 2.31. The smallest absolute Gasteiger partial charge is 0.261 e. The minimum Gasteiger partial charge on any atom is -0.345 e. The zero-order valence-corrected chi connectivity index (χ0v) is 14.6. The average Bonchev–Trinajstić information content (AvgIpc) is 3.26. The van der Waals surface area contributed by atoms with Gasteiger partial charge >= 0.3 is 0 Å². The van der Waals surface area contributed by atoms with Crippen LogP contribution in [0.25, 0.3) is 5.69 Å². The van der Waals surface area contributed by atoms with E-state index in [2.05, 4.69) is 20.7 Å². The third-order valence-corrected chi connectivity index (χ3v) is 4.55. The van der Waals surface area contributed by atoms with E-state index in [1.54, 1.807) is 23.1 Å². The maximum absolute atomic E-state index is 12.3. The third kappa shape index (κ3) is 4.10. The summed E-state index contributed by atoms with van der Waals surface area (Å²) in [6, 6.07) is 11.0. The summed E-state index contributed by atoms with van der Waals surface area (Å²) in [4.78, 5) is 27.9. The van der Waals surface area contributed by atoms with Crippen molar-refractivity contribution in [3.63, 3.8) is 0 Å². The van der Waals surface area contributed by atoms with Gasteiger partial charge in [-0.3, -0.25) is 9.59 Å². The van der Waals surface area contributed by atoms with Crippen LogP contribution in [0.3, 0.4) is 0 Å². The van der Waals surface area contributed by atoms with Gasteiger partial charge < -0.3 is 10.6 Å². The number of aromatic nitrogens is 3. The number of nitrogens with one attached hydrogen (secondary N) is 2. The lowest BCUT2D eigenvalue weighted by Gasteiger charge is -2.14. The Hall–Kier alpha value is -3.00. The Morgan fingerprint density at radius 2 is 1.92 bits per heavy atom. The Morgan fingerprint density at radius 1 is 1.16 bits per heavy atom. The van der Waals surface area contributed by atoms with Crippen LogP contribution in [-0.4, -0.2) is 26.6 Å². The maximum atomic E-state index is 12.3. The Balaban J connectivity index is 1.65. The Kier molecular flexibility index (Phi) is 4.90. The molecule has 0 spiro atoms. The van der Waals surface area contributed by atoms with Crippen molar-refractivity contribution >= 4 is 28.2 Å². The molecular formula is C17H17N5O2S. The van der Waals surface area contributed by atoms with Gasteiger partial charge in [0.2, 0.25) is 5.91 Å². The SMILES string of the molecule is CC(=O)Nc1ccc(C(=O)N[C@H](C)c2ccc(-n3cncn3)cc2)s1. The number of rotatable bonds is 5. The molecule has 1 aromatic carbocycles. The number of anilines is 1. The molecule has 8 heteroatoms. The van der Waals surface area contributed by atoms with Crippen LogP contribution < -0.4 is 10.6 Å². The molecule has 7 nitrogen and oxygen atoms in total. The van der Waals surface area contributed by atoms with E-state index in [-0.39, 0.29) is 17.9 Å². The van der Waals surface area contributed by atoms with Crippen LogP contribution in [0.4, 0.5) is 5.00 Å². The number of carbonyl (C=O) groups is 2. The van der Waals surface area contributed by atoms with Gasteiger partial charge in [0.1, 0.15) is 12.7 Å². The van der Waals surface area contributed by atoms with E-state index in [4.69, 9.17) is 0 Å². The molecule has 0 saturated heterocycles. The van der Waals surface area contributed by atoms with E-state index >= 15 is 0 Å². The highest BCUT2D eigenvalue weighted by Gasteiger charge is 2.14. The maximum Gasteiger partial charge on any atom is 0.261 e. The molecule has 1 atom stereocenters. The summed E-state index contributed by atoms with van der Waals surface area (Å²) in [7, 11) is 0. The molecule has 0 aliphatic rings. The monoisotopic (exact) mass is 355 g/mol. The largest absolute Gasteiger partial charge is 0.345 e. The minimum atomic E-state index is -0.172. The van der Waals surface area contributed by atoms with E-state index in [0.717, 1.165) is 11.3 Å². The van der Waals surface area contributed by atoms with Gasteiger partial charge in [0.15, 0.2) is 0 Å². The van der Waals surface area contributed by atoms with Gasteiger partial charge in [-0.2, -0.15) is 5.10 Å². The topological polar surface area (TPSA) is 88.9 Å². The van der Waals surface area contributed by atoms with Crippen molar-refractivity contribution in [3.8, 4) is 5.69 Å². The lowest BCUT2D eigenvalue weighted by atomic mass is 10.1. The molecule has 0 aliphatic heterocycles. The molecule has 2 N–H and O–H groups in total. The lowest BCUT2D eigenvalue weighted by molar-refractivity contribution is -0.114. The summed E-state index contributed by atoms with van der Waals surface area (Å²) in [5.41, 5.74) is 1.88. The molecule has 25 heavy (non-hydrogen) atoms. The molecule has 0 radical (unpaired) electrons. The van der Waals surface area contributed by atoms with E-state index < -0.39 is 0 Å². The zero-order valence-electron chi connectivity index (χ0n) is 13.8. The summed E-state index contributed by atoms with van der Waals surface area (Å²) in [6.07, 6.45) is 3.11. The van der Waals surface area contributed by atoms with Crippen molar-refractivity contribution in [2.24, 2.45) is 0 Å². The van der Waals surface area contributed by atoms with Gasteiger partial charge in [-0.25, -0.2) is 9.67 Å². The third-order valence-electron chi connectivity index (χ3n) is 3.55. The van der Waals surface area contributed by atoms with Crippen molar-refractivity contribution < 1.29 is 9.59 Å². The molecular weight excluding hydrogens is 338 g/mol. The van der Waals surface area contributed by atoms with Gasteiger partial charge in [-0.1, -0.05) is 12.1 Å². The fraction of sp³-hybridized carbons (Fsp3) is 0.176. The summed E-state index contributed by atoms with van der Waals surface area (Å²) in [5, 5.41) is 10.4. The first-order valence-corrected chi connectivity index (χ1v) is 8.48. The first kappa shape index (κ1) is 16.8. The summed E-state index contributed by atoms with van der Waals surface area (Å²) < 4.78 is 1.67. The Bertz CT molecular complexity index is 871. The van der Waals surface area contributed by atoms with Crippen molar-refractivity contribution in [2.45, 2.75) is 19.9 Å². The van der Waals surface area contributed by atoms with Crippen LogP contribution in [0.1, 0.15) is 35.1 Å². The predicted molar refractivity (Wildman–Crippen MR) is 95.9 cm³/mol. The van der Waals surface area contributed by atoms with Crippen molar-refractivity contribution in [3.05, 3.63) is 59.5 Å². The normalized spacial score (nSPS) is 11.8. The lowest BCUT2D eigenvalue weighted by Crippen LogP contribution is -2.25. The second-order valence-electron chi connectivity index (χ2n) is 5.47. The fourth-order valence-corrected chi connectivity index (χ4v) is 3.16. The van der Waals surface area contributed by atoms with Crippen molar-refractivity contribution in [1.82, 2.24) is 20.1 Å². The molecule has 0 unspecified atom stereocenters. The summed E-state index contributed by atoms with van der Waals surface area (Å²) in [6.45, 7) is 3.36. The first-order valence-electron chi connectivity index (χ1n) is 7.66. The van der Waals surface area contributed by atoms with Crippen LogP contribution in [0, 0.1) is 0 Å². The molecule has 2 heterocycles. The highest BCUT2D eigenvalue weighted by atomic mass is 32.1. The predicted octanol–water partition coefficient (Wildman–Crippen LogP) is 2.78. The summed E-state index contributed by atoms with van der Waals surface area (Å²) >= 11 is 1.24. The molecule has 128 valence electrons. The molecule has 0 bridgehead atoms. The molecule has 0 aliphatic carbocycles. The molecule has 0 saturated carbocycles. The second kappa shape index (κ2) is 7.27. The number of benzene rings is 1.